The molecule has 2 aromatic rings. The quantitative estimate of drug-likeness (QED) is 0.407. The Hall–Kier alpha value is -2.45. The lowest BCUT2D eigenvalue weighted by molar-refractivity contribution is 0.0600. The first-order chi connectivity index (χ1) is 15.7. The number of thiocarbonyl (C=S) groups is 1. The molecular formula is C25H32N2O4S2. The zero-order valence-electron chi connectivity index (χ0n) is 19.9. The van der Waals surface area contributed by atoms with Gasteiger partial charge in [0, 0.05) is 4.88 Å². The molecule has 8 heteroatoms. The Balaban J connectivity index is 1.79. The molecule has 0 radical (unpaired) electrons. The van der Waals surface area contributed by atoms with Crippen LogP contribution in [0.3, 0.4) is 0 Å². The number of ether oxygens (including phenoxy) is 2. The number of hydrogen-bond donors (Lipinski definition) is 2. The van der Waals surface area contributed by atoms with Crippen LogP contribution in [-0.4, -0.2) is 30.7 Å². The van der Waals surface area contributed by atoms with Crippen LogP contribution in [-0.2, 0) is 17.6 Å². The van der Waals surface area contributed by atoms with E-state index >= 15 is 0 Å². The van der Waals surface area contributed by atoms with Crippen LogP contribution in [0.25, 0.3) is 0 Å². The van der Waals surface area contributed by atoms with Gasteiger partial charge in [0.05, 0.1) is 24.8 Å². The summed E-state index contributed by atoms with van der Waals surface area (Å²) in [6, 6.07) is 7.05. The molecule has 1 unspecified atom stereocenters. The van der Waals surface area contributed by atoms with Crippen molar-refractivity contribution in [2.24, 2.45) is 11.3 Å². The van der Waals surface area contributed by atoms with Gasteiger partial charge < -0.3 is 14.8 Å². The molecule has 1 amide bonds. The topological polar surface area (TPSA) is 76.7 Å². The predicted octanol–water partition coefficient (Wildman–Crippen LogP) is 5.60. The summed E-state index contributed by atoms with van der Waals surface area (Å²) in [5.41, 5.74) is 2.15. The molecule has 1 aromatic carbocycles. The average molecular weight is 489 g/mol. The molecule has 0 saturated heterocycles. The Morgan fingerprint density at radius 2 is 1.97 bits per heavy atom. The van der Waals surface area contributed by atoms with Crippen LogP contribution in [0.4, 0.5) is 5.00 Å². The number of amides is 1. The Kier molecular flexibility index (Phi) is 8.13. The first kappa shape index (κ1) is 25.2. The van der Waals surface area contributed by atoms with Gasteiger partial charge in [0.2, 0.25) is 0 Å². The Labute approximate surface area is 205 Å². The largest absolute Gasteiger partial charge is 0.493 e. The first-order valence-electron chi connectivity index (χ1n) is 11.2. The van der Waals surface area contributed by atoms with Crippen LogP contribution in [0.5, 0.6) is 5.75 Å². The second kappa shape index (κ2) is 10.7. The third-order valence-corrected chi connectivity index (χ3v) is 7.30. The van der Waals surface area contributed by atoms with Gasteiger partial charge in [-0.25, -0.2) is 4.79 Å². The zero-order chi connectivity index (χ0) is 24.2. The van der Waals surface area contributed by atoms with Crippen molar-refractivity contribution >= 4 is 45.5 Å². The van der Waals surface area contributed by atoms with Crippen molar-refractivity contribution in [2.75, 3.05) is 19.0 Å². The van der Waals surface area contributed by atoms with E-state index in [0.29, 0.717) is 34.4 Å². The maximum Gasteiger partial charge on any atom is 0.341 e. The monoisotopic (exact) mass is 488 g/mol. The molecule has 0 fully saturated rings. The van der Waals surface area contributed by atoms with E-state index in [4.69, 9.17) is 21.7 Å². The molecule has 1 heterocycles. The molecule has 2 N–H and O–H groups in total. The minimum atomic E-state index is -0.392. The summed E-state index contributed by atoms with van der Waals surface area (Å²) in [6.07, 6.45) is 3.59. The van der Waals surface area contributed by atoms with E-state index in [1.807, 2.05) is 13.0 Å². The van der Waals surface area contributed by atoms with Gasteiger partial charge >= 0.3 is 5.97 Å². The van der Waals surface area contributed by atoms with Gasteiger partial charge in [-0.1, -0.05) is 39.8 Å². The summed E-state index contributed by atoms with van der Waals surface area (Å²) in [4.78, 5) is 26.6. The standard InChI is InChI=1S/C25H32N2O4S2/c1-6-13-31-18-10-8-7-9-16(18)21(28)26-24(32)27-22-20(23(29)30-5)17-12-11-15(25(2,3)4)14-19(17)33-22/h7-10,15H,6,11-14H2,1-5H3,(H2,26,27,28,32). The number of rotatable bonds is 6. The van der Waals surface area contributed by atoms with Gasteiger partial charge in [0.15, 0.2) is 5.11 Å². The fraction of sp³-hybridized carbons (Fsp3) is 0.480. The molecule has 0 spiro atoms. The molecule has 1 aromatic heterocycles. The predicted molar refractivity (Wildman–Crippen MR) is 137 cm³/mol. The van der Waals surface area contributed by atoms with E-state index in [1.54, 1.807) is 18.2 Å². The van der Waals surface area contributed by atoms with E-state index < -0.39 is 5.97 Å². The van der Waals surface area contributed by atoms with Crippen LogP contribution in [0.2, 0.25) is 0 Å². The zero-order valence-corrected chi connectivity index (χ0v) is 21.5. The second-order valence-corrected chi connectivity index (χ2v) is 10.8. The number of fused-ring (bicyclic) bond motifs is 1. The Morgan fingerprint density at radius 1 is 1.24 bits per heavy atom. The number of methoxy groups -OCH3 is 1. The van der Waals surface area contributed by atoms with Crippen molar-refractivity contribution in [2.45, 2.75) is 53.4 Å². The summed E-state index contributed by atoms with van der Waals surface area (Å²) in [5.74, 6) is 0.285. The number of carbonyl (C=O) groups excluding carboxylic acids is 2. The fourth-order valence-electron chi connectivity index (χ4n) is 4.03. The van der Waals surface area contributed by atoms with Crippen LogP contribution in [0.1, 0.15) is 71.7 Å². The minimum Gasteiger partial charge on any atom is -0.493 e. The number of carbonyl (C=O) groups is 2. The average Bonchev–Trinajstić information content (AvgIpc) is 3.13. The lowest BCUT2D eigenvalue weighted by Crippen LogP contribution is -2.34. The van der Waals surface area contributed by atoms with Crippen molar-refractivity contribution in [3.63, 3.8) is 0 Å². The number of benzene rings is 1. The van der Waals surface area contributed by atoms with Crippen LogP contribution in [0.15, 0.2) is 24.3 Å². The van der Waals surface area contributed by atoms with Crippen LogP contribution in [0, 0.1) is 11.3 Å². The number of thiophene rings is 1. The molecule has 1 aliphatic rings. The highest BCUT2D eigenvalue weighted by Gasteiger charge is 2.34. The van der Waals surface area contributed by atoms with Crippen molar-refractivity contribution in [1.29, 1.82) is 0 Å². The molecular weight excluding hydrogens is 456 g/mol. The summed E-state index contributed by atoms with van der Waals surface area (Å²) >= 11 is 6.93. The van der Waals surface area contributed by atoms with Crippen LogP contribution >= 0.6 is 23.6 Å². The first-order valence-corrected chi connectivity index (χ1v) is 12.4. The summed E-state index contributed by atoms with van der Waals surface area (Å²) < 4.78 is 10.7. The van der Waals surface area contributed by atoms with Crippen molar-refractivity contribution < 1.29 is 19.1 Å². The third kappa shape index (κ3) is 5.92. The van der Waals surface area contributed by atoms with Crippen molar-refractivity contribution in [1.82, 2.24) is 5.32 Å². The van der Waals surface area contributed by atoms with Gasteiger partial charge in [-0.05, 0) is 66.9 Å². The minimum absolute atomic E-state index is 0.126. The second-order valence-electron chi connectivity index (χ2n) is 9.26. The van der Waals surface area contributed by atoms with Crippen molar-refractivity contribution in [3.05, 3.63) is 45.8 Å². The smallest absolute Gasteiger partial charge is 0.341 e. The summed E-state index contributed by atoms with van der Waals surface area (Å²) in [5, 5.41) is 6.53. The van der Waals surface area contributed by atoms with E-state index in [9.17, 15) is 9.59 Å². The molecule has 0 saturated carbocycles. The van der Waals surface area contributed by atoms with E-state index in [2.05, 4.69) is 31.4 Å². The number of para-hydroxylation sites is 1. The maximum absolute atomic E-state index is 12.8. The van der Waals surface area contributed by atoms with Crippen molar-refractivity contribution in [3.8, 4) is 5.75 Å². The lowest BCUT2D eigenvalue weighted by Gasteiger charge is -2.33. The Morgan fingerprint density at radius 3 is 2.64 bits per heavy atom. The highest BCUT2D eigenvalue weighted by molar-refractivity contribution is 7.80. The molecule has 0 bridgehead atoms. The Bertz CT molecular complexity index is 1040. The normalized spacial score (nSPS) is 15.4. The molecule has 3 rings (SSSR count). The lowest BCUT2D eigenvalue weighted by atomic mass is 9.72. The number of hydrogen-bond acceptors (Lipinski definition) is 6. The molecule has 178 valence electrons. The molecule has 0 aliphatic heterocycles. The molecule has 6 nitrogen and oxygen atoms in total. The van der Waals surface area contributed by atoms with Gasteiger partial charge in [-0.3, -0.25) is 10.1 Å². The molecule has 1 aliphatic carbocycles. The SMILES string of the molecule is CCCOc1ccccc1C(=O)NC(=S)Nc1sc2c(c1C(=O)OC)CCC(C(C)(C)C)C2. The fourth-order valence-corrected chi connectivity index (χ4v) is 5.61. The van der Waals surface area contributed by atoms with Gasteiger partial charge in [0.1, 0.15) is 10.8 Å². The van der Waals surface area contributed by atoms with E-state index in [-0.39, 0.29) is 16.4 Å². The summed E-state index contributed by atoms with van der Waals surface area (Å²) in [7, 11) is 1.38. The highest BCUT2D eigenvalue weighted by atomic mass is 32.1. The van der Waals surface area contributed by atoms with E-state index in [0.717, 1.165) is 31.2 Å². The van der Waals surface area contributed by atoms with Gasteiger partial charge in [0.25, 0.3) is 5.91 Å². The molecule has 1 atom stereocenters. The number of nitrogens with one attached hydrogen (secondary N) is 2. The maximum atomic E-state index is 12.8. The highest BCUT2D eigenvalue weighted by Crippen LogP contribution is 2.44. The summed E-state index contributed by atoms with van der Waals surface area (Å²) in [6.45, 7) is 9.28. The number of anilines is 1. The van der Waals surface area contributed by atoms with Crippen LogP contribution < -0.4 is 15.4 Å². The van der Waals surface area contributed by atoms with Gasteiger partial charge in [-0.15, -0.1) is 11.3 Å². The van der Waals surface area contributed by atoms with E-state index in [1.165, 1.54) is 23.3 Å². The molecule has 33 heavy (non-hydrogen) atoms. The number of esters is 1. The third-order valence-electron chi connectivity index (χ3n) is 5.93. The van der Waals surface area contributed by atoms with Gasteiger partial charge in [-0.2, -0.15) is 0 Å².